The molecule has 104 valence electrons. The second-order valence-corrected chi connectivity index (χ2v) is 4.74. The Morgan fingerprint density at radius 1 is 1.42 bits per heavy atom. The van der Waals surface area contributed by atoms with Gasteiger partial charge in [0.05, 0.1) is 6.61 Å². The highest BCUT2D eigenvalue weighted by molar-refractivity contribution is 5.75. The molecule has 1 unspecified atom stereocenters. The van der Waals surface area contributed by atoms with Gasteiger partial charge in [-0.3, -0.25) is 4.79 Å². The second kappa shape index (κ2) is 6.99. The van der Waals surface area contributed by atoms with Crippen molar-refractivity contribution in [2.75, 3.05) is 31.7 Å². The Bertz CT molecular complexity index is 400. The summed E-state index contributed by atoms with van der Waals surface area (Å²) >= 11 is 0. The van der Waals surface area contributed by atoms with Crippen LogP contribution < -0.4 is 15.8 Å². The Balaban J connectivity index is 1.76. The van der Waals surface area contributed by atoms with Crippen molar-refractivity contribution in [3.63, 3.8) is 0 Å². The van der Waals surface area contributed by atoms with Crippen LogP contribution in [0.4, 0.5) is 5.69 Å². The van der Waals surface area contributed by atoms with E-state index in [-0.39, 0.29) is 6.61 Å². The first-order valence-corrected chi connectivity index (χ1v) is 6.57. The van der Waals surface area contributed by atoms with Gasteiger partial charge in [-0.25, -0.2) is 0 Å². The zero-order valence-corrected chi connectivity index (χ0v) is 10.9. The number of rotatable bonds is 6. The molecular formula is C14H20N2O3. The van der Waals surface area contributed by atoms with E-state index < -0.39 is 5.91 Å². The van der Waals surface area contributed by atoms with Crippen LogP contribution >= 0.6 is 0 Å². The van der Waals surface area contributed by atoms with E-state index in [2.05, 4.69) is 5.32 Å². The topological polar surface area (TPSA) is 73.6 Å². The lowest BCUT2D eigenvalue weighted by Gasteiger charge is -2.22. The molecule has 19 heavy (non-hydrogen) atoms. The molecule has 1 atom stereocenters. The zero-order valence-electron chi connectivity index (χ0n) is 10.9. The fourth-order valence-electron chi connectivity index (χ4n) is 2.05. The lowest BCUT2D eigenvalue weighted by Crippen LogP contribution is -2.24. The average Bonchev–Trinajstić information content (AvgIpc) is 2.45. The number of carbonyl (C=O) groups is 1. The van der Waals surface area contributed by atoms with Crippen molar-refractivity contribution in [2.45, 2.75) is 12.8 Å². The van der Waals surface area contributed by atoms with Crippen molar-refractivity contribution in [2.24, 2.45) is 11.7 Å². The number of nitrogens with one attached hydrogen (secondary N) is 1. The minimum Gasteiger partial charge on any atom is -0.484 e. The van der Waals surface area contributed by atoms with E-state index in [0.29, 0.717) is 11.7 Å². The number of nitrogens with two attached hydrogens (primary N) is 1. The lowest BCUT2D eigenvalue weighted by atomic mass is 10.0. The summed E-state index contributed by atoms with van der Waals surface area (Å²) in [6.45, 7) is 2.56. The van der Waals surface area contributed by atoms with E-state index in [1.54, 1.807) is 0 Å². The third kappa shape index (κ3) is 4.79. The SMILES string of the molecule is NC(=O)COc1ccc(NCC2CCCOC2)cc1. The molecule has 0 spiro atoms. The molecule has 2 rings (SSSR count). The molecule has 0 aliphatic carbocycles. The first-order valence-electron chi connectivity index (χ1n) is 6.57. The standard InChI is InChI=1S/C14H20N2O3/c15-14(17)10-19-13-5-3-12(4-6-13)16-8-11-2-1-7-18-9-11/h3-6,11,16H,1-2,7-10H2,(H2,15,17). The molecule has 0 saturated carbocycles. The maximum absolute atomic E-state index is 10.6. The van der Waals surface area contributed by atoms with Gasteiger partial charge in [0.15, 0.2) is 6.61 Å². The number of primary amides is 1. The molecule has 3 N–H and O–H groups in total. The van der Waals surface area contributed by atoms with E-state index in [0.717, 1.165) is 31.9 Å². The summed E-state index contributed by atoms with van der Waals surface area (Å²) in [5.74, 6) is 0.754. The van der Waals surface area contributed by atoms with Crippen LogP contribution in [0, 0.1) is 5.92 Å². The smallest absolute Gasteiger partial charge is 0.255 e. The Morgan fingerprint density at radius 2 is 2.21 bits per heavy atom. The fraction of sp³-hybridized carbons (Fsp3) is 0.500. The molecule has 1 aromatic carbocycles. The van der Waals surface area contributed by atoms with E-state index >= 15 is 0 Å². The fourth-order valence-corrected chi connectivity index (χ4v) is 2.05. The summed E-state index contributed by atoms with van der Waals surface area (Å²) in [6.07, 6.45) is 2.36. The van der Waals surface area contributed by atoms with Crippen LogP contribution in [0.1, 0.15) is 12.8 Å². The van der Waals surface area contributed by atoms with E-state index in [9.17, 15) is 4.79 Å². The van der Waals surface area contributed by atoms with Crippen LogP contribution in [0.25, 0.3) is 0 Å². The number of anilines is 1. The summed E-state index contributed by atoms with van der Waals surface area (Å²) < 4.78 is 10.6. The van der Waals surface area contributed by atoms with Gasteiger partial charge in [-0.2, -0.15) is 0 Å². The van der Waals surface area contributed by atoms with Gasteiger partial charge in [-0.1, -0.05) is 0 Å². The second-order valence-electron chi connectivity index (χ2n) is 4.74. The van der Waals surface area contributed by atoms with Crippen LogP contribution in [0.3, 0.4) is 0 Å². The molecule has 1 aliphatic heterocycles. The summed E-state index contributed by atoms with van der Waals surface area (Å²) in [7, 11) is 0. The normalized spacial score (nSPS) is 18.8. The van der Waals surface area contributed by atoms with Crippen molar-refractivity contribution >= 4 is 11.6 Å². The maximum atomic E-state index is 10.6. The van der Waals surface area contributed by atoms with Gasteiger partial charge in [0, 0.05) is 18.8 Å². The van der Waals surface area contributed by atoms with Crippen LogP contribution in [0.5, 0.6) is 5.75 Å². The third-order valence-corrected chi connectivity index (χ3v) is 3.08. The van der Waals surface area contributed by atoms with E-state index in [1.165, 1.54) is 6.42 Å². The molecule has 1 aliphatic rings. The lowest BCUT2D eigenvalue weighted by molar-refractivity contribution is -0.119. The quantitative estimate of drug-likeness (QED) is 0.814. The summed E-state index contributed by atoms with van der Waals surface area (Å²) in [6, 6.07) is 7.51. The molecule has 1 amide bonds. The monoisotopic (exact) mass is 264 g/mol. The Morgan fingerprint density at radius 3 is 2.84 bits per heavy atom. The molecule has 0 aromatic heterocycles. The number of benzene rings is 1. The third-order valence-electron chi connectivity index (χ3n) is 3.08. The van der Waals surface area contributed by atoms with Crippen LogP contribution in [-0.2, 0) is 9.53 Å². The van der Waals surface area contributed by atoms with Crippen molar-refractivity contribution in [3.8, 4) is 5.75 Å². The largest absolute Gasteiger partial charge is 0.484 e. The highest BCUT2D eigenvalue weighted by atomic mass is 16.5. The molecule has 1 saturated heterocycles. The van der Waals surface area contributed by atoms with Crippen LogP contribution in [0.15, 0.2) is 24.3 Å². The Kier molecular flexibility index (Phi) is 5.03. The van der Waals surface area contributed by atoms with Crippen LogP contribution in [0.2, 0.25) is 0 Å². The summed E-state index contributed by atoms with van der Waals surface area (Å²) in [4.78, 5) is 10.6. The van der Waals surface area contributed by atoms with Gasteiger partial charge in [0.25, 0.3) is 5.91 Å². The number of hydrogen-bond acceptors (Lipinski definition) is 4. The number of carbonyl (C=O) groups excluding carboxylic acids is 1. The number of amides is 1. The summed E-state index contributed by atoms with van der Waals surface area (Å²) in [5, 5.41) is 3.38. The molecule has 5 heteroatoms. The predicted octanol–water partition coefficient (Wildman–Crippen LogP) is 1.39. The zero-order chi connectivity index (χ0) is 13.5. The highest BCUT2D eigenvalue weighted by Gasteiger charge is 2.13. The minimum absolute atomic E-state index is 0.0911. The molecule has 5 nitrogen and oxygen atoms in total. The predicted molar refractivity (Wildman–Crippen MR) is 73.2 cm³/mol. The molecule has 1 heterocycles. The van der Waals surface area contributed by atoms with Gasteiger partial charge in [0.1, 0.15) is 5.75 Å². The van der Waals surface area contributed by atoms with E-state index in [1.807, 2.05) is 24.3 Å². The molecular weight excluding hydrogens is 244 g/mol. The van der Waals surface area contributed by atoms with Gasteiger partial charge in [-0.05, 0) is 43.0 Å². The molecule has 1 fully saturated rings. The first kappa shape index (κ1) is 13.7. The number of hydrogen-bond donors (Lipinski definition) is 2. The van der Waals surface area contributed by atoms with Gasteiger partial charge >= 0.3 is 0 Å². The van der Waals surface area contributed by atoms with Crippen molar-refractivity contribution in [3.05, 3.63) is 24.3 Å². The Hall–Kier alpha value is -1.75. The van der Waals surface area contributed by atoms with Crippen molar-refractivity contribution in [1.29, 1.82) is 0 Å². The van der Waals surface area contributed by atoms with Crippen molar-refractivity contribution in [1.82, 2.24) is 0 Å². The minimum atomic E-state index is -0.473. The van der Waals surface area contributed by atoms with Crippen molar-refractivity contribution < 1.29 is 14.3 Å². The van der Waals surface area contributed by atoms with Gasteiger partial charge in [0.2, 0.25) is 0 Å². The average molecular weight is 264 g/mol. The van der Waals surface area contributed by atoms with Gasteiger partial charge < -0.3 is 20.5 Å². The van der Waals surface area contributed by atoms with Gasteiger partial charge in [-0.15, -0.1) is 0 Å². The highest BCUT2D eigenvalue weighted by Crippen LogP contribution is 2.18. The molecule has 0 bridgehead atoms. The molecule has 0 radical (unpaired) electrons. The Labute approximate surface area is 113 Å². The molecule has 1 aromatic rings. The summed E-state index contributed by atoms with van der Waals surface area (Å²) in [5.41, 5.74) is 6.05. The maximum Gasteiger partial charge on any atom is 0.255 e. The van der Waals surface area contributed by atoms with E-state index in [4.69, 9.17) is 15.2 Å². The number of ether oxygens (including phenoxy) is 2. The van der Waals surface area contributed by atoms with Crippen LogP contribution in [-0.4, -0.2) is 32.3 Å². The first-order chi connectivity index (χ1) is 9.24.